The summed E-state index contributed by atoms with van der Waals surface area (Å²) in [6.07, 6.45) is 4.74. The van der Waals surface area contributed by atoms with Gasteiger partial charge in [0, 0.05) is 27.7 Å². The first kappa shape index (κ1) is 15.4. The topological polar surface area (TPSA) is 42.0 Å². The van der Waals surface area contributed by atoms with E-state index in [1.54, 1.807) is 18.3 Å². The summed E-state index contributed by atoms with van der Waals surface area (Å²) in [7, 11) is 0. The van der Waals surface area contributed by atoms with E-state index < -0.39 is 11.7 Å². The molecule has 0 aliphatic carbocycles. The van der Waals surface area contributed by atoms with Crippen LogP contribution in [0.25, 0.3) is 17.0 Å². The minimum Gasteiger partial charge on any atom is -0.320 e. The Hall–Kier alpha value is -2.53. The summed E-state index contributed by atoms with van der Waals surface area (Å²) in [5.41, 5.74) is 1.78. The maximum atomic E-state index is 13.7. The number of carbonyl (C=O) groups is 1. The fraction of sp³-hybridized carbons (Fsp3) is 0. The van der Waals surface area contributed by atoms with Crippen molar-refractivity contribution in [2.75, 3.05) is 5.32 Å². The van der Waals surface area contributed by atoms with Crippen molar-refractivity contribution in [2.24, 2.45) is 0 Å². The zero-order valence-electron chi connectivity index (χ0n) is 12.0. The Balaban J connectivity index is 1.80. The summed E-state index contributed by atoms with van der Waals surface area (Å²) in [6, 6.07) is 14.0. The molecule has 1 aromatic heterocycles. The predicted octanol–water partition coefficient (Wildman–Crippen LogP) is 4.79. The number of fused-ring (bicyclic) bond motifs is 1. The summed E-state index contributed by atoms with van der Waals surface area (Å²) >= 11 is 3.17. The molecule has 1 amide bonds. The molecule has 5 heteroatoms. The van der Waals surface area contributed by atoms with Crippen LogP contribution in [0, 0.1) is 5.82 Å². The summed E-state index contributed by atoms with van der Waals surface area (Å²) in [6.45, 7) is 0. The molecule has 1 N–H and O–H groups in total. The lowest BCUT2D eigenvalue weighted by Gasteiger charge is -2.04. The Morgan fingerprint density at radius 3 is 2.83 bits per heavy atom. The second-order valence-electron chi connectivity index (χ2n) is 4.87. The molecule has 0 radical (unpaired) electrons. The Morgan fingerprint density at radius 2 is 2.00 bits per heavy atom. The van der Waals surface area contributed by atoms with E-state index in [4.69, 9.17) is 0 Å². The van der Waals surface area contributed by atoms with Gasteiger partial charge in [-0.15, -0.1) is 0 Å². The average molecular weight is 371 g/mol. The maximum absolute atomic E-state index is 13.7. The van der Waals surface area contributed by atoms with Crippen molar-refractivity contribution < 1.29 is 9.18 Å². The van der Waals surface area contributed by atoms with Gasteiger partial charge in [0.05, 0.1) is 11.2 Å². The van der Waals surface area contributed by atoms with E-state index >= 15 is 0 Å². The molecular formula is C18H12BrFN2O. The summed E-state index contributed by atoms with van der Waals surface area (Å²) < 4.78 is 14.3. The van der Waals surface area contributed by atoms with Crippen LogP contribution in [0.1, 0.15) is 5.56 Å². The normalized spacial score (nSPS) is 11.0. The number of nitrogens with zero attached hydrogens (tertiary/aromatic N) is 1. The van der Waals surface area contributed by atoms with E-state index in [2.05, 4.69) is 26.2 Å². The van der Waals surface area contributed by atoms with Crippen LogP contribution in [0.5, 0.6) is 0 Å². The number of rotatable bonds is 3. The lowest BCUT2D eigenvalue weighted by atomic mass is 10.1. The molecule has 3 aromatic rings. The molecule has 0 saturated heterocycles. The highest BCUT2D eigenvalue weighted by atomic mass is 79.9. The zero-order chi connectivity index (χ0) is 16.2. The Morgan fingerprint density at radius 1 is 1.17 bits per heavy atom. The predicted molar refractivity (Wildman–Crippen MR) is 93.5 cm³/mol. The van der Waals surface area contributed by atoms with Crippen LogP contribution in [0.2, 0.25) is 0 Å². The third kappa shape index (κ3) is 3.63. The van der Waals surface area contributed by atoms with E-state index in [-0.39, 0.29) is 5.69 Å². The molecule has 0 aliphatic rings. The van der Waals surface area contributed by atoms with E-state index in [1.807, 2.05) is 30.3 Å². The largest absolute Gasteiger partial charge is 0.320 e. The molecule has 0 spiro atoms. The van der Waals surface area contributed by atoms with Crippen LogP contribution in [0.4, 0.5) is 10.1 Å². The van der Waals surface area contributed by atoms with Crippen LogP contribution in [0.15, 0.2) is 65.3 Å². The van der Waals surface area contributed by atoms with E-state index in [1.165, 1.54) is 18.2 Å². The maximum Gasteiger partial charge on any atom is 0.248 e. The molecule has 1 heterocycles. The van der Waals surface area contributed by atoms with Crippen molar-refractivity contribution in [1.29, 1.82) is 0 Å². The van der Waals surface area contributed by atoms with E-state index in [0.717, 1.165) is 16.5 Å². The number of anilines is 1. The molecule has 0 unspecified atom stereocenters. The fourth-order valence-corrected chi connectivity index (χ4v) is 2.53. The Bertz CT molecular complexity index is 903. The molecule has 3 nitrogen and oxygen atoms in total. The van der Waals surface area contributed by atoms with Crippen LogP contribution >= 0.6 is 15.9 Å². The second-order valence-corrected chi connectivity index (χ2v) is 5.78. The van der Waals surface area contributed by atoms with Gasteiger partial charge in [0.2, 0.25) is 5.91 Å². The van der Waals surface area contributed by atoms with Crippen molar-refractivity contribution in [2.45, 2.75) is 0 Å². The quantitative estimate of drug-likeness (QED) is 0.673. The lowest BCUT2D eigenvalue weighted by Crippen LogP contribution is -2.09. The summed E-state index contributed by atoms with van der Waals surface area (Å²) in [5, 5.41) is 3.51. The van der Waals surface area contributed by atoms with Gasteiger partial charge in [-0.2, -0.15) is 0 Å². The highest BCUT2D eigenvalue weighted by molar-refractivity contribution is 9.10. The molecule has 0 aliphatic heterocycles. The number of para-hydroxylation sites is 1. The fourth-order valence-electron chi connectivity index (χ4n) is 2.19. The third-order valence-corrected chi connectivity index (χ3v) is 3.76. The number of amides is 1. The van der Waals surface area contributed by atoms with Gasteiger partial charge in [0.1, 0.15) is 5.82 Å². The number of hydrogen-bond acceptors (Lipinski definition) is 2. The van der Waals surface area contributed by atoms with Gasteiger partial charge in [-0.05, 0) is 30.3 Å². The monoisotopic (exact) mass is 370 g/mol. The number of hydrogen-bond donors (Lipinski definition) is 1. The van der Waals surface area contributed by atoms with Gasteiger partial charge in [0.15, 0.2) is 0 Å². The standard InChI is InChI=1S/C18H12BrFN2O/c19-14-7-8-16(15(20)11-14)22-17(23)9-6-13-4-1-3-12-5-2-10-21-18(12)13/h1-11H,(H,22,23)/b9-6+. The number of aromatic nitrogens is 1. The molecule has 0 fully saturated rings. The summed E-state index contributed by atoms with van der Waals surface area (Å²) in [4.78, 5) is 16.3. The SMILES string of the molecule is O=C(/C=C/c1cccc2cccnc12)Nc1ccc(Br)cc1F. The second kappa shape index (κ2) is 6.71. The molecule has 3 rings (SSSR count). The number of carbonyl (C=O) groups excluding carboxylic acids is 1. The van der Waals surface area contributed by atoms with Gasteiger partial charge in [-0.1, -0.05) is 40.2 Å². The van der Waals surface area contributed by atoms with Gasteiger partial charge >= 0.3 is 0 Å². The molecule has 0 bridgehead atoms. The molecule has 2 aromatic carbocycles. The Labute approximate surface area is 141 Å². The number of pyridine rings is 1. The molecule has 0 saturated carbocycles. The molecular weight excluding hydrogens is 359 g/mol. The smallest absolute Gasteiger partial charge is 0.248 e. The lowest BCUT2D eigenvalue weighted by molar-refractivity contribution is -0.111. The van der Waals surface area contributed by atoms with E-state index in [0.29, 0.717) is 4.47 Å². The van der Waals surface area contributed by atoms with Crippen LogP contribution < -0.4 is 5.32 Å². The summed E-state index contributed by atoms with van der Waals surface area (Å²) in [5.74, 6) is -0.896. The van der Waals surface area contributed by atoms with Crippen molar-refractivity contribution in [3.05, 3.63) is 76.7 Å². The number of benzene rings is 2. The molecule has 0 atom stereocenters. The average Bonchev–Trinajstić information content (AvgIpc) is 2.55. The highest BCUT2D eigenvalue weighted by Gasteiger charge is 2.05. The highest BCUT2D eigenvalue weighted by Crippen LogP contribution is 2.20. The van der Waals surface area contributed by atoms with Crippen molar-refractivity contribution in [1.82, 2.24) is 4.98 Å². The molecule has 23 heavy (non-hydrogen) atoms. The molecule has 114 valence electrons. The van der Waals surface area contributed by atoms with Gasteiger partial charge in [-0.25, -0.2) is 4.39 Å². The Kier molecular flexibility index (Phi) is 4.48. The van der Waals surface area contributed by atoms with Crippen molar-refractivity contribution in [3.63, 3.8) is 0 Å². The van der Waals surface area contributed by atoms with Crippen LogP contribution in [-0.4, -0.2) is 10.9 Å². The van der Waals surface area contributed by atoms with Crippen LogP contribution in [-0.2, 0) is 4.79 Å². The number of halogens is 2. The van der Waals surface area contributed by atoms with Gasteiger partial charge in [-0.3, -0.25) is 9.78 Å². The minimum atomic E-state index is -0.493. The minimum absolute atomic E-state index is 0.138. The first-order valence-electron chi connectivity index (χ1n) is 6.91. The van der Waals surface area contributed by atoms with Gasteiger partial charge in [0.25, 0.3) is 0 Å². The van der Waals surface area contributed by atoms with Crippen molar-refractivity contribution >= 4 is 44.5 Å². The van der Waals surface area contributed by atoms with Crippen LogP contribution in [0.3, 0.4) is 0 Å². The van der Waals surface area contributed by atoms with Gasteiger partial charge < -0.3 is 5.32 Å². The van der Waals surface area contributed by atoms with Crippen molar-refractivity contribution in [3.8, 4) is 0 Å². The third-order valence-electron chi connectivity index (χ3n) is 3.27. The number of nitrogens with one attached hydrogen (secondary N) is 1. The first-order chi connectivity index (χ1) is 11.1. The zero-order valence-corrected chi connectivity index (χ0v) is 13.5. The first-order valence-corrected chi connectivity index (χ1v) is 7.70. The van der Waals surface area contributed by atoms with E-state index in [9.17, 15) is 9.18 Å².